The maximum absolute atomic E-state index is 12.4. The van der Waals surface area contributed by atoms with Gasteiger partial charge in [0, 0.05) is 18.3 Å². The third-order valence-corrected chi connectivity index (χ3v) is 4.21. The summed E-state index contributed by atoms with van der Waals surface area (Å²) in [7, 11) is 0. The molecule has 1 amide bonds. The van der Waals surface area contributed by atoms with Gasteiger partial charge in [-0.1, -0.05) is 29.3 Å². The molecule has 0 saturated heterocycles. The van der Waals surface area contributed by atoms with Gasteiger partial charge in [-0.3, -0.25) is 19.7 Å². The Balaban J connectivity index is 2.00. The molecule has 0 fully saturated rings. The summed E-state index contributed by atoms with van der Waals surface area (Å²) < 4.78 is 0. The van der Waals surface area contributed by atoms with E-state index in [1.165, 1.54) is 36.5 Å². The number of rotatable bonds is 3. The molecule has 7 nitrogen and oxygen atoms in total. The lowest BCUT2D eigenvalue weighted by Crippen LogP contribution is -2.13. The number of nitro benzene ring substituents is 1. The Kier molecular flexibility index (Phi) is 4.43. The number of nitro groups is 1. The summed E-state index contributed by atoms with van der Waals surface area (Å²) in [6, 6.07) is 8.41. The van der Waals surface area contributed by atoms with E-state index in [1.807, 2.05) is 0 Å². The third-order valence-electron chi connectivity index (χ3n) is 3.50. The van der Waals surface area contributed by atoms with Crippen molar-refractivity contribution in [2.45, 2.75) is 0 Å². The van der Waals surface area contributed by atoms with Gasteiger partial charge in [0.25, 0.3) is 11.6 Å². The van der Waals surface area contributed by atoms with E-state index < -0.39 is 10.8 Å². The molecular weight excluding hydrogens is 369 g/mol. The van der Waals surface area contributed by atoms with Crippen molar-refractivity contribution in [2.24, 2.45) is 0 Å². The Morgan fingerprint density at radius 1 is 1.16 bits per heavy atom. The first kappa shape index (κ1) is 16.9. The SMILES string of the molecule is O=C(Nc1cc2cc(=O)[nH]cc2cc1Cl)c1cccc([N+](=O)[O-])c1Cl. The zero-order valence-electron chi connectivity index (χ0n) is 12.4. The molecule has 0 unspecified atom stereocenters. The first-order valence-corrected chi connectivity index (χ1v) is 7.68. The van der Waals surface area contributed by atoms with E-state index in [9.17, 15) is 19.7 Å². The fraction of sp³-hybridized carbons (Fsp3) is 0. The zero-order chi connectivity index (χ0) is 18.1. The van der Waals surface area contributed by atoms with Crippen molar-refractivity contribution >= 4 is 51.3 Å². The van der Waals surface area contributed by atoms with E-state index in [0.29, 0.717) is 10.8 Å². The lowest BCUT2D eigenvalue weighted by molar-refractivity contribution is -0.384. The number of H-pyrrole nitrogens is 1. The number of carbonyl (C=O) groups excluding carboxylic acids is 1. The van der Waals surface area contributed by atoms with Crippen LogP contribution in [0.5, 0.6) is 0 Å². The second-order valence-electron chi connectivity index (χ2n) is 5.11. The van der Waals surface area contributed by atoms with Crippen LogP contribution in [0.4, 0.5) is 11.4 Å². The maximum Gasteiger partial charge on any atom is 0.288 e. The van der Waals surface area contributed by atoms with Crippen LogP contribution in [0.15, 0.2) is 47.4 Å². The fourth-order valence-electron chi connectivity index (χ4n) is 2.31. The Morgan fingerprint density at radius 2 is 1.92 bits per heavy atom. The lowest BCUT2D eigenvalue weighted by atomic mass is 10.1. The maximum atomic E-state index is 12.4. The van der Waals surface area contributed by atoms with E-state index in [2.05, 4.69) is 10.3 Å². The van der Waals surface area contributed by atoms with Crippen LogP contribution in [-0.4, -0.2) is 15.8 Å². The van der Waals surface area contributed by atoms with Crippen LogP contribution in [0.3, 0.4) is 0 Å². The number of pyridine rings is 1. The van der Waals surface area contributed by atoms with Crippen molar-refractivity contribution in [1.82, 2.24) is 4.98 Å². The van der Waals surface area contributed by atoms with E-state index in [0.717, 1.165) is 0 Å². The highest BCUT2D eigenvalue weighted by atomic mass is 35.5. The van der Waals surface area contributed by atoms with Crippen LogP contribution >= 0.6 is 23.2 Å². The molecule has 0 bridgehead atoms. The predicted molar refractivity (Wildman–Crippen MR) is 95.6 cm³/mol. The predicted octanol–water partition coefficient (Wildman–Crippen LogP) is 4.00. The molecule has 0 aliphatic carbocycles. The van der Waals surface area contributed by atoms with Crippen molar-refractivity contribution < 1.29 is 9.72 Å². The van der Waals surface area contributed by atoms with Crippen molar-refractivity contribution in [3.8, 4) is 0 Å². The van der Waals surface area contributed by atoms with Crippen molar-refractivity contribution in [3.63, 3.8) is 0 Å². The van der Waals surface area contributed by atoms with Gasteiger partial charge in [0.05, 0.1) is 21.2 Å². The summed E-state index contributed by atoms with van der Waals surface area (Å²) in [6.07, 6.45) is 1.51. The molecule has 3 rings (SSSR count). The number of hydrogen-bond donors (Lipinski definition) is 2. The van der Waals surface area contributed by atoms with Crippen LogP contribution in [0, 0.1) is 10.1 Å². The summed E-state index contributed by atoms with van der Waals surface area (Å²) in [4.78, 5) is 36.6. The van der Waals surface area contributed by atoms with Gasteiger partial charge >= 0.3 is 0 Å². The number of aromatic amines is 1. The summed E-state index contributed by atoms with van der Waals surface area (Å²) in [6.45, 7) is 0. The molecule has 0 radical (unpaired) electrons. The molecule has 9 heteroatoms. The van der Waals surface area contributed by atoms with Crippen LogP contribution in [0.2, 0.25) is 10.0 Å². The molecule has 3 aromatic rings. The van der Waals surface area contributed by atoms with Crippen LogP contribution in [0.25, 0.3) is 10.8 Å². The number of benzene rings is 2. The molecule has 0 atom stereocenters. The molecule has 0 saturated carbocycles. The van der Waals surface area contributed by atoms with E-state index >= 15 is 0 Å². The van der Waals surface area contributed by atoms with Crippen LogP contribution < -0.4 is 10.9 Å². The number of halogens is 2. The molecule has 126 valence electrons. The Bertz CT molecular complexity index is 1080. The standard InChI is InChI=1S/C16H9Cl2N3O4/c17-11-4-9-7-19-14(22)6-8(9)5-12(11)20-16(23)10-2-1-3-13(15(10)18)21(24)25/h1-7H,(H,19,22)(H,20,23). The highest BCUT2D eigenvalue weighted by Gasteiger charge is 2.20. The van der Waals surface area contributed by atoms with Crippen molar-refractivity contribution in [2.75, 3.05) is 5.32 Å². The largest absolute Gasteiger partial charge is 0.328 e. The molecule has 1 aromatic heterocycles. The van der Waals surface area contributed by atoms with Gasteiger partial charge < -0.3 is 10.3 Å². The second kappa shape index (κ2) is 6.54. The molecular formula is C16H9Cl2N3O4. The van der Waals surface area contributed by atoms with Crippen LogP contribution in [-0.2, 0) is 0 Å². The van der Waals surface area contributed by atoms with Crippen molar-refractivity contribution in [1.29, 1.82) is 0 Å². The van der Waals surface area contributed by atoms with Gasteiger partial charge in [-0.2, -0.15) is 0 Å². The van der Waals surface area contributed by atoms with Gasteiger partial charge in [0.15, 0.2) is 0 Å². The Labute approximate surface area is 150 Å². The summed E-state index contributed by atoms with van der Waals surface area (Å²) in [5.74, 6) is -0.653. The quantitative estimate of drug-likeness (QED) is 0.531. The average molecular weight is 378 g/mol. The molecule has 25 heavy (non-hydrogen) atoms. The summed E-state index contributed by atoms with van der Waals surface area (Å²) in [5, 5.41) is 14.7. The highest BCUT2D eigenvalue weighted by molar-refractivity contribution is 6.37. The minimum Gasteiger partial charge on any atom is -0.328 e. The third kappa shape index (κ3) is 3.33. The average Bonchev–Trinajstić information content (AvgIpc) is 2.55. The first-order chi connectivity index (χ1) is 11.9. The van der Waals surface area contributed by atoms with E-state index in [1.54, 1.807) is 6.07 Å². The number of amides is 1. The number of nitrogens with one attached hydrogen (secondary N) is 2. The van der Waals surface area contributed by atoms with Gasteiger partial charge in [-0.25, -0.2) is 0 Å². The number of fused-ring (bicyclic) bond motifs is 1. The normalized spacial score (nSPS) is 10.6. The zero-order valence-corrected chi connectivity index (χ0v) is 13.9. The Morgan fingerprint density at radius 3 is 2.64 bits per heavy atom. The first-order valence-electron chi connectivity index (χ1n) is 6.93. The number of aromatic nitrogens is 1. The number of hydrogen-bond acceptors (Lipinski definition) is 4. The van der Waals surface area contributed by atoms with E-state index in [-0.39, 0.29) is 32.5 Å². The molecule has 2 aromatic carbocycles. The molecule has 0 spiro atoms. The minimum atomic E-state index is -0.672. The molecule has 0 aliphatic heterocycles. The molecule has 0 aliphatic rings. The summed E-state index contributed by atoms with van der Waals surface area (Å²) >= 11 is 12.1. The van der Waals surface area contributed by atoms with Gasteiger partial charge in [0.2, 0.25) is 5.56 Å². The smallest absolute Gasteiger partial charge is 0.288 e. The van der Waals surface area contributed by atoms with Gasteiger partial charge in [0.1, 0.15) is 5.02 Å². The monoisotopic (exact) mass is 377 g/mol. The lowest BCUT2D eigenvalue weighted by Gasteiger charge is -2.10. The summed E-state index contributed by atoms with van der Waals surface area (Å²) in [5.41, 5.74) is -0.468. The molecule has 2 N–H and O–H groups in total. The van der Waals surface area contributed by atoms with Crippen molar-refractivity contribution in [3.05, 3.63) is 78.7 Å². The Hall–Kier alpha value is -2.90. The second-order valence-corrected chi connectivity index (χ2v) is 5.89. The van der Waals surface area contributed by atoms with Gasteiger partial charge in [-0.05, 0) is 29.0 Å². The topological polar surface area (TPSA) is 105 Å². The molecule has 1 heterocycles. The van der Waals surface area contributed by atoms with Crippen LogP contribution in [0.1, 0.15) is 10.4 Å². The highest BCUT2D eigenvalue weighted by Crippen LogP contribution is 2.31. The van der Waals surface area contributed by atoms with Gasteiger partial charge in [-0.15, -0.1) is 0 Å². The minimum absolute atomic E-state index is 0.0575. The van der Waals surface area contributed by atoms with E-state index in [4.69, 9.17) is 23.2 Å². The fourth-order valence-corrected chi connectivity index (χ4v) is 2.81. The number of carbonyl (C=O) groups is 1. The number of anilines is 1. The number of nitrogens with zero attached hydrogens (tertiary/aromatic N) is 1.